The molecule has 262 valence electrons. The number of aromatic nitrogens is 3. The summed E-state index contributed by atoms with van der Waals surface area (Å²) in [6, 6.07) is 70.4. The molecule has 4 heteroatoms. The molecule has 11 rings (SSSR count). The Kier molecular flexibility index (Phi) is 7.46. The standard InChI is InChI=1S/C52H33N3O/c1-3-13-34(14-4-1)35-25-27-36(28-26-35)49-51-50(54-52(53-49)37-15-5-2-6-16-37)45-33-41(29-30-48(45)56-51)39-18-11-17-38(31-39)40-19-12-20-42(32-40)55-46-23-9-7-21-43(46)44-22-8-10-24-47(44)55/h1-33H. The van der Waals surface area contributed by atoms with Crippen molar-refractivity contribution in [3.63, 3.8) is 0 Å². The molecule has 0 aliphatic carbocycles. The second kappa shape index (κ2) is 13.1. The zero-order valence-electron chi connectivity index (χ0n) is 30.3. The van der Waals surface area contributed by atoms with Gasteiger partial charge in [-0.05, 0) is 75.8 Å². The molecule has 0 unspecified atom stereocenters. The molecule has 0 aliphatic rings. The molecule has 0 radical (unpaired) electrons. The van der Waals surface area contributed by atoms with Crippen LogP contribution in [0.4, 0.5) is 0 Å². The van der Waals surface area contributed by atoms with Crippen LogP contribution in [-0.4, -0.2) is 14.5 Å². The summed E-state index contributed by atoms with van der Waals surface area (Å²) < 4.78 is 8.98. The van der Waals surface area contributed by atoms with Crippen molar-refractivity contribution in [3.05, 3.63) is 200 Å². The third-order valence-corrected chi connectivity index (χ3v) is 10.8. The van der Waals surface area contributed by atoms with Crippen LogP contribution >= 0.6 is 0 Å². The van der Waals surface area contributed by atoms with Crippen molar-refractivity contribution in [2.45, 2.75) is 0 Å². The molecule has 0 saturated carbocycles. The molecule has 0 N–H and O–H groups in total. The molecular formula is C52H33N3O. The minimum atomic E-state index is 0.665. The Morgan fingerprint density at radius 3 is 1.57 bits per heavy atom. The van der Waals surface area contributed by atoms with E-state index in [0.717, 1.165) is 66.8 Å². The first-order valence-corrected chi connectivity index (χ1v) is 18.9. The Bertz CT molecular complexity index is 3180. The summed E-state index contributed by atoms with van der Waals surface area (Å²) in [5.41, 5.74) is 15.3. The fraction of sp³-hybridized carbons (Fsp3) is 0. The fourth-order valence-corrected chi connectivity index (χ4v) is 8.09. The Morgan fingerprint density at radius 1 is 0.357 bits per heavy atom. The first-order valence-electron chi connectivity index (χ1n) is 18.9. The maximum Gasteiger partial charge on any atom is 0.180 e. The van der Waals surface area contributed by atoms with Crippen molar-refractivity contribution >= 4 is 43.9 Å². The highest BCUT2D eigenvalue weighted by molar-refractivity contribution is 6.10. The van der Waals surface area contributed by atoms with Crippen LogP contribution in [0.3, 0.4) is 0 Å². The maximum absolute atomic E-state index is 6.61. The van der Waals surface area contributed by atoms with Gasteiger partial charge in [-0.25, -0.2) is 9.97 Å². The van der Waals surface area contributed by atoms with Crippen LogP contribution in [0, 0.1) is 0 Å². The highest BCUT2D eigenvalue weighted by Crippen LogP contribution is 2.39. The Hall–Kier alpha value is -7.56. The summed E-state index contributed by atoms with van der Waals surface area (Å²) >= 11 is 0. The number of rotatable bonds is 6. The van der Waals surface area contributed by atoms with Gasteiger partial charge in [0, 0.05) is 33.0 Å². The molecule has 0 atom stereocenters. The minimum Gasteiger partial charge on any atom is -0.452 e. The van der Waals surface area contributed by atoms with Gasteiger partial charge in [0.05, 0.1) is 11.0 Å². The van der Waals surface area contributed by atoms with E-state index in [1.54, 1.807) is 0 Å². The molecule has 0 bridgehead atoms. The highest BCUT2D eigenvalue weighted by Gasteiger charge is 2.19. The number of nitrogens with zero attached hydrogens (tertiary/aromatic N) is 3. The molecular weight excluding hydrogens is 683 g/mol. The van der Waals surface area contributed by atoms with Crippen LogP contribution in [-0.2, 0) is 0 Å². The van der Waals surface area contributed by atoms with Gasteiger partial charge in [-0.3, -0.25) is 0 Å². The van der Waals surface area contributed by atoms with E-state index in [2.05, 4.69) is 180 Å². The van der Waals surface area contributed by atoms with E-state index < -0.39 is 0 Å². The zero-order valence-corrected chi connectivity index (χ0v) is 30.3. The number of hydrogen-bond acceptors (Lipinski definition) is 3. The average Bonchev–Trinajstić information content (AvgIpc) is 3.82. The van der Waals surface area contributed by atoms with Crippen LogP contribution in [0.25, 0.3) is 106 Å². The zero-order chi connectivity index (χ0) is 37.0. The van der Waals surface area contributed by atoms with Crippen molar-refractivity contribution in [1.82, 2.24) is 14.5 Å². The predicted octanol–water partition coefficient (Wildman–Crippen LogP) is 13.8. The van der Waals surface area contributed by atoms with Gasteiger partial charge < -0.3 is 8.98 Å². The number of furan rings is 1. The van der Waals surface area contributed by atoms with Crippen LogP contribution < -0.4 is 0 Å². The van der Waals surface area contributed by atoms with Crippen LogP contribution in [0.5, 0.6) is 0 Å². The van der Waals surface area contributed by atoms with E-state index in [0.29, 0.717) is 11.4 Å². The summed E-state index contributed by atoms with van der Waals surface area (Å²) in [7, 11) is 0. The molecule has 3 aromatic heterocycles. The van der Waals surface area contributed by atoms with E-state index in [4.69, 9.17) is 14.4 Å². The molecule has 0 spiro atoms. The van der Waals surface area contributed by atoms with Crippen molar-refractivity contribution in [1.29, 1.82) is 0 Å². The Morgan fingerprint density at radius 2 is 0.875 bits per heavy atom. The normalized spacial score (nSPS) is 11.6. The third kappa shape index (κ3) is 5.39. The maximum atomic E-state index is 6.61. The molecule has 56 heavy (non-hydrogen) atoms. The number of benzene rings is 8. The Balaban J connectivity index is 1.01. The van der Waals surface area contributed by atoms with Crippen molar-refractivity contribution in [3.8, 4) is 61.7 Å². The molecule has 0 saturated heterocycles. The molecule has 0 amide bonds. The molecule has 3 heterocycles. The Labute approximate surface area is 323 Å². The van der Waals surface area contributed by atoms with Crippen molar-refractivity contribution in [2.24, 2.45) is 0 Å². The lowest BCUT2D eigenvalue weighted by molar-refractivity contribution is 0.667. The number of hydrogen-bond donors (Lipinski definition) is 0. The van der Waals surface area contributed by atoms with Gasteiger partial charge in [-0.15, -0.1) is 0 Å². The van der Waals surface area contributed by atoms with E-state index in [1.807, 2.05) is 24.3 Å². The lowest BCUT2D eigenvalue weighted by atomic mass is 9.98. The first-order chi connectivity index (χ1) is 27.7. The van der Waals surface area contributed by atoms with Gasteiger partial charge in [0.2, 0.25) is 0 Å². The van der Waals surface area contributed by atoms with Crippen molar-refractivity contribution in [2.75, 3.05) is 0 Å². The summed E-state index contributed by atoms with van der Waals surface area (Å²) in [5, 5.41) is 3.47. The van der Waals surface area contributed by atoms with Gasteiger partial charge in [0.15, 0.2) is 11.4 Å². The summed E-state index contributed by atoms with van der Waals surface area (Å²) in [5.74, 6) is 0.665. The minimum absolute atomic E-state index is 0.665. The average molecular weight is 716 g/mol. The van der Waals surface area contributed by atoms with Gasteiger partial charge in [-0.1, -0.05) is 158 Å². The third-order valence-electron chi connectivity index (χ3n) is 10.8. The molecule has 8 aromatic carbocycles. The smallest absolute Gasteiger partial charge is 0.180 e. The van der Waals surface area contributed by atoms with Crippen LogP contribution in [0.2, 0.25) is 0 Å². The lowest BCUT2D eigenvalue weighted by Crippen LogP contribution is -1.94. The molecule has 0 fully saturated rings. The monoisotopic (exact) mass is 715 g/mol. The number of para-hydroxylation sites is 2. The SMILES string of the molecule is c1ccc(-c2ccc(-c3nc(-c4ccccc4)nc4c3oc3ccc(-c5cccc(-c6cccc(-n7c8ccccc8c8ccccc87)c6)c5)cc34)cc2)cc1. The van der Waals surface area contributed by atoms with Crippen LogP contribution in [0.15, 0.2) is 205 Å². The van der Waals surface area contributed by atoms with E-state index in [1.165, 1.54) is 27.4 Å². The van der Waals surface area contributed by atoms with Gasteiger partial charge in [-0.2, -0.15) is 0 Å². The van der Waals surface area contributed by atoms with E-state index >= 15 is 0 Å². The van der Waals surface area contributed by atoms with E-state index in [9.17, 15) is 0 Å². The quantitative estimate of drug-likeness (QED) is 0.172. The topological polar surface area (TPSA) is 43.9 Å². The van der Waals surface area contributed by atoms with Crippen molar-refractivity contribution < 1.29 is 4.42 Å². The summed E-state index contributed by atoms with van der Waals surface area (Å²) in [4.78, 5) is 10.3. The van der Waals surface area contributed by atoms with Crippen LogP contribution in [0.1, 0.15) is 0 Å². The second-order valence-electron chi connectivity index (χ2n) is 14.2. The number of fused-ring (bicyclic) bond motifs is 6. The van der Waals surface area contributed by atoms with Gasteiger partial charge >= 0.3 is 0 Å². The molecule has 11 aromatic rings. The molecule has 0 aliphatic heterocycles. The van der Waals surface area contributed by atoms with Gasteiger partial charge in [0.25, 0.3) is 0 Å². The molecule has 4 nitrogen and oxygen atoms in total. The second-order valence-corrected chi connectivity index (χ2v) is 14.2. The van der Waals surface area contributed by atoms with E-state index in [-0.39, 0.29) is 0 Å². The predicted molar refractivity (Wildman–Crippen MR) is 231 cm³/mol. The fourth-order valence-electron chi connectivity index (χ4n) is 8.09. The summed E-state index contributed by atoms with van der Waals surface area (Å²) in [6.45, 7) is 0. The summed E-state index contributed by atoms with van der Waals surface area (Å²) in [6.07, 6.45) is 0. The van der Waals surface area contributed by atoms with Gasteiger partial charge in [0.1, 0.15) is 16.8 Å². The highest BCUT2D eigenvalue weighted by atomic mass is 16.3. The lowest BCUT2D eigenvalue weighted by Gasteiger charge is -2.11. The largest absolute Gasteiger partial charge is 0.452 e. The first kappa shape index (κ1) is 31.9.